The highest BCUT2D eigenvalue weighted by Gasteiger charge is 2.07. The molecule has 2 N–H and O–H groups in total. The maximum Gasteiger partial charge on any atom is 0.123 e. The second kappa shape index (κ2) is 3.68. The minimum absolute atomic E-state index is 0.0712. The Morgan fingerprint density at radius 1 is 1.25 bits per heavy atom. The summed E-state index contributed by atoms with van der Waals surface area (Å²) in [4.78, 5) is 0. The van der Waals surface area contributed by atoms with Gasteiger partial charge in [-0.25, -0.2) is 0 Å². The summed E-state index contributed by atoms with van der Waals surface area (Å²) in [7, 11) is 0. The van der Waals surface area contributed by atoms with Crippen molar-refractivity contribution in [2.45, 2.75) is 19.8 Å². The zero-order valence-corrected chi connectivity index (χ0v) is 7.60. The first-order valence-electron chi connectivity index (χ1n) is 3.85. The van der Waals surface area contributed by atoms with Gasteiger partial charge in [0.15, 0.2) is 0 Å². The van der Waals surface area contributed by atoms with Crippen molar-refractivity contribution in [2.24, 2.45) is 0 Å². The van der Waals surface area contributed by atoms with E-state index < -0.39 is 0 Å². The average Bonchev–Trinajstić information content (AvgIpc) is 1.96. The second-order valence-electron chi connectivity index (χ2n) is 2.67. The molecule has 1 aromatic carbocycles. The minimum Gasteiger partial charge on any atom is -0.507 e. The predicted molar refractivity (Wildman–Crippen MR) is 48.8 cm³/mol. The van der Waals surface area contributed by atoms with Crippen molar-refractivity contribution in [1.29, 1.82) is 0 Å². The topological polar surface area (TPSA) is 40.5 Å². The fraction of sp³-hybridized carbons (Fsp3) is 0.333. The van der Waals surface area contributed by atoms with Gasteiger partial charge in [-0.2, -0.15) is 0 Å². The van der Waals surface area contributed by atoms with Crippen LogP contribution in [0.1, 0.15) is 18.9 Å². The summed E-state index contributed by atoms with van der Waals surface area (Å²) in [6, 6.07) is 2.87. The van der Waals surface area contributed by atoms with Crippen molar-refractivity contribution in [1.82, 2.24) is 0 Å². The van der Waals surface area contributed by atoms with E-state index in [1.807, 2.05) is 6.92 Å². The van der Waals surface area contributed by atoms with E-state index in [4.69, 9.17) is 11.6 Å². The fourth-order valence-corrected chi connectivity index (χ4v) is 1.32. The Labute approximate surface area is 76.4 Å². The van der Waals surface area contributed by atoms with Gasteiger partial charge in [0, 0.05) is 10.6 Å². The number of aromatic hydroxyl groups is 2. The van der Waals surface area contributed by atoms with Gasteiger partial charge in [-0.1, -0.05) is 24.9 Å². The lowest BCUT2D eigenvalue weighted by Crippen LogP contribution is -1.85. The smallest absolute Gasteiger partial charge is 0.123 e. The molecule has 0 aromatic heterocycles. The van der Waals surface area contributed by atoms with E-state index in [0.717, 1.165) is 6.42 Å². The molecule has 0 heterocycles. The third kappa shape index (κ3) is 1.83. The maximum absolute atomic E-state index is 9.36. The molecular weight excluding hydrogens is 176 g/mol. The van der Waals surface area contributed by atoms with Crippen LogP contribution in [0.2, 0.25) is 5.02 Å². The molecule has 0 saturated carbocycles. The molecule has 2 nitrogen and oxygen atoms in total. The second-order valence-corrected chi connectivity index (χ2v) is 3.11. The van der Waals surface area contributed by atoms with Crippen LogP contribution in [0.15, 0.2) is 12.1 Å². The lowest BCUT2D eigenvalue weighted by atomic mass is 10.1. The van der Waals surface area contributed by atoms with Gasteiger partial charge >= 0.3 is 0 Å². The molecule has 0 unspecified atom stereocenters. The van der Waals surface area contributed by atoms with Gasteiger partial charge in [-0.3, -0.25) is 0 Å². The quantitative estimate of drug-likeness (QED) is 0.746. The number of halogens is 1. The van der Waals surface area contributed by atoms with Crippen LogP contribution in [0.3, 0.4) is 0 Å². The van der Waals surface area contributed by atoms with Gasteiger partial charge in [-0.05, 0) is 18.6 Å². The van der Waals surface area contributed by atoms with Crippen molar-refractivity contribution < 1.29 is 10.2 Å². The molecule has 66 valence electrons. The Balaban J connectivity index is 3.10. The highest BCUT2D eigenvalue weighted by Crippen LogP contribution is 2.31. The third-order valence-electron chi connectivity index (χ3n) is 1.67. The van der Waals surface area contributed by atoms with Crippen molar-refractivity contribution in [2.75, 3.05) is 0 Å². The van der Waals surface area contributed by atoms with Crippen molar-refractivity contribution in [3.63, 3.8) is 0 Å². The SMILES string of the molecule is CCCc1c(O)cc(Cl)cc1O. The molecule has 0 saturated heterocycles. The highest BCUT2D eigenvalue weighted by molar-refractivity contribution is 6.30. The monoisotopic (exact) mass is 186 g/mol. The van der Waals surface area contributed by atoms with Crippen LogP contribution in [0.5, 0.6) is 11.5 Å². The van der Waals surface area contributed by atoms with Crippen LogP contribution in [-0.4, -0.2) is 10.2 Å². The van der Waals surface area contributed by atoms with Gasteiger partial charge in [0.2, 0.25) is 0 Å². The van der Waals surface area contributed by atoms with Crippen LogP contribution >= 0.6 is 11.6 Å². The number of hydrogen-bond acceptors (Lipinski definition) is 2. The van der Waals surface area contributed by atoms with Crippen LogP contribution in [0.4, 0.5) is 0 Å². The lowest BCUT2D eigenvalue weighted by molar-refractivity contribution is 0.438. The van der Waals surface area contributed by atoms with Crippen LogP contribution in [0.25, 0.3) is 0 Å². The van der Waals surface area contributed by atoms with E-state index in [1.54, 1.807) is 0 Å². The van der Waals surface area contributed by atoms with Crippen LogP contribution in [-0.2, 0) is 6.42 Å². The Hall–Kier alpha value is -0.890. The number of rotatable bonds is 2. The van der Waals surface area contributed by atoms with Crippen molar-refractivity contribution in [3.05, 3.63) is 22.7 Å². The summed E-state index contributed by atoms with van der Waals surface area (Å²) >= 11 is 5.60. The summed E-state index contributed by atoms with van der Waals surface area (Å²) in [5.74, 6) is 0.142. The number of phenolic OH excluding ortho intramolecular Hbond substituents is 2. The van der Waals surface area contributed by atoms with E-state index in [1.165, 1.54) is 12.1 Å². The van der Waals surface area contributed by atoms with E-state index in [-0.39, 0.29) is 11.5 Å². The molecule has 0 spiro atoms. The summed E-state index contributed by atoms with van der Waals surface area (Å²) in [5.41, 5.74) is 0.571. The Morgan fingerprint density at radius 2 is 1.75 bits per heavy atom. The van der Waals surface area contributed by atoms with Gasteiger partial charge in [0.1, 0.15) is 11.5 Å². The van der Waals surface area contributed by atoms with Crippen molar-refractivity contribution in [3.8, 4) is 11.5 Å². The van der Waals surface area contributed by atoms with Gasteiger partial charge in [-0.15, -0.1) is 0 Å². The predicted octanol–water partition coefficient (Wildman–Crippen LogP) is 2.70. The Kier molecular flexibility index (Phi) is 2.82. The van der Waals surface area contributed by atoms with Crippen LogP contribution in [0, 0.1) is 0 Å². The molecule has 0 bridgehead atoms. The molecular formula is C9H11ClO2. The molecule has 1 rings (SSSR count). The molecule has 0 aliphatic rings. The van der Waals surface area contributed by atoms with Gasteiger partial charge in [0.25, 0.3) is 0 Å². The first-order chi connectivity index (χ1) is 5.65. The Bertz CT molecular complexity index is 261. The summed E-state index contributed by atoms with van der Waals surface area (Å²) < 4.78 is 0. The number of hydrogen-bond donors (Lipinski definition) is 2. The van der Waals surface area contributed by atoms with E-state index in [0.29, 0.717) is 17.0 Å². The van der Waals surface area contributed by atoms with E-state index >= 15 is 0 Å². The number of phenols is 2. The molecule has 12 heavy (non-hydrogen) atoms. The first kappa shape index (κ1) is 9.20. The van der Waals surface area contributed by atoms with Crippen molar-refractivity contribution >= 4 is 11.6 Å². The maximum atomic E-state index is 9.36. The van der Waals surface area contributed by atoms with Gasteiger partial charge in [0.05, 0.1) is 0 Å². The molecule has 0 amide bonds. The standard InChI is InChI=1S/C9H11ClO2/c1-2-3-7-8(11)4-6(10)5-9(7)12/h4-5,11-12H,2-3H2,1H3. The third-order valence-corrected chi connectivity index (χ3v) is 1.89. The Morgan fingerprint density at radius 3 is 2.17 bits per heavy atom. The fourth-order valence-electron chi connectivity index (χ4n) is 1.11. The van der Waals surface area contributed by atoms with Crippen LogP contribution < -0.4 is 0 Å². The molecule has 0 fully saturated rings. The zero-order valence-electron chi connectivity index (χ0n) is 6.84. The van der Waals surface area contributed by atoms with Gasteiger partial charge < -0.3 is 10.2 Å². The largest absolute Gasteiger partial charge is 0.507 e. The van der Waals surface area contributed by atoms with E-state index in [2.05, 4.69) is 0 Å². The summed E-state index contributed by atoms with van der Waals surface area (Å²) in [5, 5.41) is 19.1. The molecule has 0 aliphatic carbocycles. The van der Waals surface area contributed by atoms with E-state index in [9.17, 15) is 10.2 Å². The minimum atomic E-state index is 0.0712. The molecule has 3 heteroatoms. The first-order valence-corrected chi connectivity index (χ1v) is 4.23. The lowest BCUT2D eigenvalue weighted by Gasteiger charge is -2.05. The molecule has 1 aromatic rings. The number of benzene rings is 1. The summed E-state index contributed by atoms with van der Waals surface area (Å²) in [6.45, 7) is 1.98. The average molecular weight is 187 g/mol. The molecule has 0 radical (unpaired) electrons. The molecule has 0 aliphatic heterocycles. The normalized spacial score (nSPS) is 10.2. The summed E-state index contributed by atoms with van der Waals surface area (Å²) in [6.07, 6.45) is 1.54. The zero-order chi connectivity index (χ0) is 9.14. The highest BCUT2D eigenvalue weighted by atomic mass is 35.5. The molecule has 0 atom stereocenters.